The molecule has 2 N–H and O–H groups in total. The third-order valence-electron chi connectivity index (χ3n) is 4.32. The standard InChI is InChI=1S/C16H17N3O2/c20-16(19-13-9-12-4-5-14(13)21-12)11-3-1-2-10(8-11)15-17-6-7-18-15/h1-3,6-8,12-14H,4-5,9H2,(H,17,18)(H,19,20)/t12-,13+,14+/m0/s1. The molecule has 2 bridgehead atoms. The zero-order valence-corrected chi connectivity index (χ0v) is 11.6. The molecule has 2 aromatic rings. The second-order valence-corrected chi connectivity index (χ2v) is 5.71. The summed E-state index contributed by atoms with van der Waals surface area (Å²) in [4.78, 5) is 19.7. The Morgan fingerprint density at radius 1 is 1.38 bits per heavy atom. The Balaban J connectivity index is 1.51. The Morgan fingerprint density at radius 3 is 3.05 bits per heavy atom. The number of hydrogen-bond donors (Lipinski definition) is 2. The number of carbonyl (C=O) groups excluding carboxylic acids is 1. The van der Waals surface area contributed by atoms with Crippen LogP contribution >= 0.6 is 0 Å². The first-order valence-corrected chi connectivity index (χ1v) is 7.36. The molecular weight excluding hydrogens is 266 g/mol. The summed E-state index contributed by atoms with van der Waals surface area (Å²) in [6.45, 7) is 0. The zero-order valence-electron chi connectivity index (χ0n) is 11.6. The fourth-order valence-electron chi connectivity index (χ4n) is 3.27. The highest BCUT2D eigenvalue weighted by Gasteiger charge is 2.41. The topological polar surface area (TPSA) is 67.0 Å². The average molecular weight is 283 g/mol. The molecule has 0 aliphatic carbocycles. The van der Waals surface area contributed by atoms with Gasteiger partial charge in [-0.2, -0.15) is 0 Å². The largest absolute Gasteiger partial charge is 0.373 e. The highest BCUT2D eigenvalue weighted by molar-refractivity contribution is 5.95. The Bertz CT molecular complexity index is 653. The molecule has 1 aromatic carbocycles. The normalized spacial score (nSPS) is 27.0. The van der Waals surface area contributed by atoms with Gasteiger partial charge in [0.25, 0.3) is 5.91 Å². The number of aromatic nitrogens is 2. The molecule has 0 spiro atoms. The van der Waals surface area contributed by atoms with Crippen LogP contribution in [0.4, 0.5) is 0 Å². The van der Waals surface area contributed by atoms with Crippen molar-refractivity contribution in [2.75, 3.05) is 0 Å². The molecule has 3 heterocycles. The Hall–Kier alpha value is -2.14. The van der Waals surface area contributed by atoms with Gasteiger partial charge in [-0.15, -0.1) is 0 Å². The Labute approximate surface area is 122 Å². The Morgan fingerprint density at radius 2 is 2.33 bits per heavy atom. The van der Waals surface area contributed by atoms with Gasteiger partial charge in [0.2, 0.25) is 0 Å². The van der Waals surface area contributed by atoms with E-state index in [-0.39, 0.29) is 18.1 Å². The third-order valence-corrected chi connectivity index (χ3v) is 4.32. The Kier molecular flexibility index (Phi) is 3.00. The van der Waals surface area contributed by atoms with Crippen LogP contribution in [0.2, 0.25) is 0 Å². The van der Waals surface area contributed by atoms with Gasteiger partial charge in [-0.25, -0.2) is 4.98 Å². The lowest BCUT2D eigenvalue weighted by molar-refractivity contribution is 0.0841. The molecule has 3 atom stereocenters. The first kappa shape index (κ1) is 12.6. The van der Waals surface area contributed by atoms with Crippen molar-refractivity contribution in [3.8, 4) is 11.4 Å². The van der Waals surface area contributed by atoms with Gasteiger partial charge in [0.15, 0.2) is 0 Å². The molecule has 4 rings (SSSR count). The van der Waals surface area contributed by atoms with Crippen LogP contribution in [0.3, 0.4) is 0 Å². The van der Waals surface area contributed by atoms with Crippen molar-refractivity contribution in [1.82, 2.24) is 15.3 Å². The van der Waals surface area contributed by atoms with E-state index in [1.54, 1.807) is 12.4 Å². The first-order valence-electron chi connectivity index (χ1n) is 7.36. The van der Waals surface area contributed by atoms with Gasteiger partial charge in [-0.3, -0.25) is 4.79 Å². The smallest absolute Gasteiger partial charge is 0.251 e. The van der Waals surface area contributed by atoms with Crippen LogP contribution in [0.5, 0.6) is 0 Å². The highest BCUT2D eigenvalue weighted by atomic mass is 16.5. The highest BCUT2D eigenvalue weighted by Crippen LogP contribution is 2.34. The van der Waals surface area contributed by atoms with Crippen molar-refractivity contribution in [1.29, 1.82) is 0 Å². The molecule has 21 heavy (non-hydrogen) atoms. The monoisotopic (exact) mass is 283 g/mol. The zero-order chi connectivity index (χ0) is 14.2. The maximum absolute atomic E-state index is 12.4. The number of imidazole rings is 1. The summed E-state index contributed by atoms with van der Waals surface area (Å²) >= 11 is 0. The number of amides is 1. The lowest BCUT2D eigenvalue weighted by Crippen LogP contribution is -2.41. The van der Waals surface area contributed by atoms with Crippen molar-refractivity contribution < 1.29 is 9.53 Å². The molecule has 0 saturated carbocycles. The van der Waals surface area contributed by atoms with E-state index >= 15 is 0 Å². The number of ether oxygens (including phenoxy) is 1. The fourth-order valence-corrected chi connectivity index (χ4v) is 3.27. The van der Waals surface area contributed by atoms with Crippen molar-refractivity contribution in [2.24, 2.45) is 0 Å². The van der Waals surface area contributed by atoms with E-state index in [4.69, 9.17) is 4.74 Å². The first-order chi connectivity index (χ1) is 10.3. The van der Waals surface area contributed by atoms with E-state index in [0.717, 1.165) is 30.7 Å². The number of benzene rings is 1. The molecule has 2 fully saturated rings. The van der Waals surface area contributed by atoms with Crippen molar-refractivity contribution in [3.63, 3.8) is 0 Å². The van der Waals surface area contributed by atoms with Crippen LogP contribution in [0.25, 0.3) is 11.4 Å². The molecule has 2 aliphatic heterocycles. The minimum absolute atomic E-state index is 0.0374. The van der Waals surface area contributed by atoms with Crippen molar-refractivity contribution in [2.45, 2.75) is 37.5 Å². The SMILES string of the molecule is O=C(N[C@@H]1C[C@@H]2CC[C@H]1O2)c1cccc(-c2ncc[nH]2)c1. The van der Waals surface area contributed by atoms with Gasteiger partial charge < -0.3 is 15.0 Å². The summed E-state index contributed by atoms with van der Waals surface area (Å²) in [5.41, 5.74) is 1.57. The van der Waals surface area contributed by atoms with Gasteiger partial charge in [0.05, 0.1) is 18.2 Å². The number of nitrogens with zero attached hydrogens (tertiary/aromatic N) is 1. The van der Waals surface area contributed by atoms with Crippen molar-refractivity contribution >= 4 is 5.91 Å². The summed E-state index contributed by atoms with van der Waals surface area (Å²) in [7, 11) is 0. The average Bonchev–Trinajstić information content (AvgIpc) is 3.25. The minimum Gasteiger partial charge on any atom is -0.373 e. The number of fused-ring (bicyclic) bond motifs is 2. The number of hydrogen-bond acceptors (Lipinski definition) is 3. The number of carbonyl (C=O) groups is 1. The maximum atomic E-state index is 12.4. The van der Waals surface area contributed by atoms with Gasteiger partial charge in [-0.1, -0.05) is 12.1 Å². The van der Waals surface area contributed by atoms with E-state index < -0.39 is 0 Å². The molecule has 1 aromatic heterocycles. The molecule has 2 aliphatic rings. The van der Waals surface area contributed by atoms with E-state index in [1.165, 1.54) is 0 Å². The molecule has 0 radical (unpaired) electrons. The lowest BCUT2D eigenvalue weighted by Gasteiger charge is -2.20. The maximum Gasteiger partial charge on any atom is 0.251 e. The van der Waals surface area contributed by atoms with E-state index in [0.29, 0.717) is 11.7 Å². The summed E-state index contributed by atoms with van der Waals surface area (Å²) in [6.07, 6.45) is 7.15. The predicted octanol–water partition coefficient (Wildman–Crippen LogP) is 2.13. The molecule has 5 heteroatoms. The lowest BCUT2D eigenvalue weighted by atomic mass is 9.95. The summed E-state index contributed by atoms with van der Waals surface area (Å²) < 4.78 is 5.77. The van der Waals surface area contributed by atoms with Crippen LogP contribution in [-0.2, 0) is 4.74 Å². The number of H-pyrrole nitrogens is 1. The third kappa shape index (κ3) is 2.34. The number of aromatic amines is 1. The fraction of sp³-hybridized carbons (Fsp3) is 0.375. The second kappa shape index (κ2) is 5.00. The van der Waals surface area contributed by atoms with Crippen LogP contribution in [-0.4, -0.2) is 34.1 Å². The second-order valence-electron chi connectivity index (χ2n) is 5.71. The van der Waals surface area contributed by atoms with Crippen LogP contribution in [0.15, 0.2) is 36.7 Å². The summed E-state index contributed by atoms with van der Waals surface area (Å²) in [5, 5.41) is 3.10. The predicted molar refractivity (Wildman–Crippen MR) is 77.8 cm³/mol. The quantitative estimate of drug-likeness (QED) is 0.906. The van der Waals surface area contributed by atoms with E-state index in [1.807, 2.05) is 24.3 Å². The molecule has 108 valence electrons. The summed E-state index contributed by atoms with van der Waals surface area (Å²) in [5.74, 6) is 0.734. The summed E-state index contributed by atoms with van der Waals surface area (Å²) in [6, 6.07) is 7.67. The molecular formula is C16H17N3O2. The number of nitrogens with one attached hydrogen (secondary N) is 2. The van der Waals surface area contributed by atoms with Gasteiger partial charge in [0, 0.05) is 23.5 Å². The van der Waals surface area contributed by atoms with Crippen LogP contribution < -0.4 is 5.32 Å². The molecule has 2 saturated heterocycles. The number of rotatable bonds is 3. The molecule has 0 unspecified atom stereocenters. The van der Waals surface area contributed by atoms with Crippen LogP contribution in [0.1, 0.15) is 29.6 Å². The molecule has 5 nitrogen and oxygen atoms in total. The van der Waals surface area contributed by atoms with E-state index in [9.17, 15) is 4.79 Å². The van der Waals surface area contributed by atoms with Crippen LogP contribution in [0, 0.1) is 0 Å². The minimum atomic E-state index is -0.0374. The van der Waals surface area contributed by atoms with Gasteiger partial charge in [0.1, 0.15) is 5.82 Å². The van der Waals surface area contributed by atoms with E-state index in [2.05, 4.69) is 15.3 Å². The van der Waals surface area contributed by atoms with Crippen molar-refractivity contribution in [3.05, 3.63) is 42.2 Å². The molecule has 1 amide bonds. The van der Waals surface area contributed by atoms with Gasteiger partial charge >= 0.3 is 0 Å². The van der Waals surface area contributed by atoms with Gasteiger partial charge in [-0.05, 0) is 31.4 Å².